The van der Waals surface area contributed by atoms with Gasteiger partial charge in [0.2, 0.25) is 15.6 Å². The van der Waals surface area contributed by atoms with Gasteiger partial charge in [-0.1, -0.05) is 12.1 Å². The molecule has 8 nitrogen and oxygen atoms in total. The van der Waals surface area contributed by atoms with Gasteiger partial charge in [0.25, 0.3) is 5.16 Å². The van der Waals surface area contributed by atoms with E-state index in [9.17, 15) is 8.42 Å². The Morgan fingerprint density at radius 3 is 2.33 bits per heavy atom. The molecule has 0 saturated heterocycles. The number of aromatic nitrogens is 4. The van der Waals surface area contributed by atoms with Gasteiger partial charge < -0.3 is 14.0 Å². The molecule has 0 atom stereocenters. The molecule has 0 bridgehead atoms. The molecule has 0 aliphatic rings. The van der Waals surface area contributed by atoms with Crippen molar-refractivity contribution in [2.24, 2.45) is 7.05 Å². The van der Waals surface area contributed by atoms with Crippen molar-refractivity contribution in [3.05, 3.63) is 48.5 Å². The van der Waals surface area contributed by atoms with E-state index in [0.29, 0.717) is 17.3 Å². The summed E-state index contributed by atoms with van der Waals surface area (Å²) in [6.45, 7) is 0.00828. The van der Waals surface area contributed by atoms with Gasteiger partial charge in [-0.05, 0) is 36.4 Å². The van der Waals surface area contributed by atoms with Crippen LogP contribution in [0.4, 0.5) is 0 Å². The van der Waals surface area contributed by atoms with E-state index < -0.39 is 9.84 Å². The third kappa shape index (κ3) is 2.99. The van der Waals surface area contributed by atoms with Gasteiger partial charge in [-0.3, -0.25) is 0 Å². The highest BCUT2D eigenvalue weighted by molar-refractivity contribution is 7.91. The molecule has 0 N–H and O–H groups in total. The second-order valence-corrected chi connectivity index (χ2v) is 8.01. The predicted molar refractivity (Wildman–Crippen MR) is 100 cm³/mol. The fraction of sp³-hybridized carbons (Fsp3) is 0.222. The van der Waals surface area contributed by atoms with Crippen LogP contribution in [0, 0.1) is 0 Å². The molecule has 0 aliphatic carbocycles. The fourth-order valence-corrected chi connectivity index (χ4v) is 4.08. The fourth-order valence-electron chi connectivity index (χ4n) is 2.97. The van der Waals surface area contributed by atoms with E-state index in [0.717, 1.165) is 11.0 Å². The van der Waals surface area contributed by atoms with Crippen LogP contribution in [-0.2, 0) is 16.9 Å². The lowest BCUT2D eigenvalue weighted by Crippen LogP contribution is -2.16. The molecule has 2 aromatic carbocycles. The van der Waals surface area contributed by atoms with Crippen molar-refractivity contribution in [2.45, 2.75) is 5.16 Å². The van der Waals surface area contributed by atoms with Gasteiger partial charge in [-0.2, -0.15) is 0 Å². The molecule has 0 fully saturated rings. The minimum atomic E-state index is -3.68. The number of para-hydroxylation sites is 2. The first-order valence-electron chi connectivity index (χ1n) is 8.29. The Hall–Kier alpha value is -3.07. The molecule has 2 heterocycles. The smallest absolute Gasteiger partial charge is 0.256 e. The summed E-state index contributed by atoms with van der Waals surface area (Å²) < 4.78 is 39.6. The van der Waals surface area contributed by atoms with E-state index >= 15 is 0 Å². The summed E-state index contributed by atoms with van der Waals surface area (Å²) in [4.78, 5) is 0. The predicted octanol–water partition coefficient (Wildman–Crippen LogP) is 2.08. The third-order valence-electron chi connectivity index (χ3n) is 4.36. The van der Waals surface area contributed by atoms with Crippen molar-refractivity contribution in [3.63, 3.8) is 0 Å². The third-order valence-corrected chi connectivity index (χ3v) is 5.88. The molecule has 4 aromatic rings. The molecule has 2 aromatic heterocycles. The van der Waals surface area contributed by atoms with Gasteiger partial charge >= 0.3 is 0 Å². The van der Waals surface area contributed by atoms with E-state index in [1.165, 1.54) is 0 Å². The highest BCUT2D eigenvalue weighted by Crippen LogP contribution is 2.22. The monoisotopic (exact) mass is 386 g/mol. The van der Waals surface area contributed by atoms with Crippen LogP contribution in [-0.4, -0.2) is 47.1 Å². The molecular weight excluding hydrogens is 368 g/mol. The summed E-state index contributed by atoms with van der Waals surface area (Å²) in [6.07, 6.45) is 0. The second-order valence-electron chi connectivity index (χ2n) is 6.01. The highest BCUT2D eigenvalue weighted by atomic mass is 32.2. The van der Waals surface area contributed by atoms with E-state index in [-0.39, 0.29) is 17.5 Å². The first-order chi connectivity index (χ1) is 13.0. The summed E-state index contributed by atoms with van der Waals surface area (Å²) in [5, 5.41) is 7.89. The Morgan fingerprint density at radius 1 is 0.963 bits per heavy atom. The molecule has 0 amide bonds. The first kappa shape index (κ1) is 17.3. The minimum absolute atomic E-state index is 0.00828. The summed E-state index contributed by atoms with van der Waals surface area (Å²) in [5.41, 5.74) is 1.63. The Bertz CT molecular complexity index is 1210. The summed E-state index contributed by atoms with van der Waals surface area (Å²) in [7, 11) is -0.271. The second kappa shape index (κ2) is 6.58. The minimum Gasteiger partial charge on any atom is -0.497 e. The number of methoxy groups -OCH3 is 1. The van der Waals surface area contributed by atoms with Crippen molar-refractivity contribution in [1.82, 2.24) is 19.2 Å². The topological polar surface area (TPSA) is 87.7 Å². The van der Waals surface area contributed by atoms with Crippen LogP contribution >= 0.6 is 0 Å². The van der Waals surface area contributed by atoms with Crippen molar-refractivity contribution >= 4 is 26.6 Å². The van der Waals surface area contributed by atoms with Crippen molar-refractivity contribution in [1.29, 1.82) is 0 Å². The van der Waals surface area contributed by atoms with Gasteiger partial charge in [0, 0.05) is 7.05 Å². The number of rotatable bonds is 6. The molecule has 0 saturated carbocycles. The van der Waals surface area contributed by atoms with Crippen LogP contribution in [0.3, 0.4) is 0 Å². The van der Waals surface area contributed by atoms with Crippen molar-refractivity contribution in [3.8, 4) is 11.5 Å². The Kier molecular flexibility index (Phi) is 4.23. The molecular formula is C18H18N4O4S. The Labute approximate surface area is 155 Å². The highest BCUT2D eigenvalue weighted by Gasteiger charge is 2.25. The zero-order chi connectivity index (χ0) is 19.0. The van der Waals surface area contributed by atoms with E-state index in [1.807, 2.05) is 35.9 Å². The summed E-state index contributed by atoms with van der Waals surface area (Å²) in [6, 6.07) is 14.5. The van der Waals surface area contributed by atoms with Crippen LogP contribution in [0.1, 0.15) is 0 Å². The molecule has 4 rings (SSSR count). The Balaban J connectivity index is 1.59. The molecule has 140 valence electrons. The van der Waals surface area contributed by atoms with E-state index in [1.54, 1.807) is 35.8 Å². The van der Waals surface area contributed by atoms with E-state index in [2.05, 4.69) is 10.2 Å². The average molecular weight is 386 g/mol. The molecule has 0 spiro atoms. The molecule has 0 unspecified atom stereocenters. The lowest BCUT2D eigenvalue weighted by atomic mass is 10.3. The van der Waals surface area contributed by atoms with Gasteiger partial charge in [-0.25, -0.2) is 12.8 Å². The first-order valence-corrected chi connectivity index (χ1v) is 9.94. The molecule has 0 radical (unpaired) electrons. The van der Waals surface area contributed by atoms with E-state index in [4.69, 9.17) is 9.47 Å². The molecule has 9 heteroatoms. The summed E-state index contributed by atoms with van der Waals surface area (Å²) in [5.74, 6) is 1.55. The standard InChI is InChI=1S/C18H18N4O4S/c1-21-15-5-3-4-6-16(15)22-17(21)19-20-18(22)27(23,24)12-11-26-14-9-7-13(25-2)8-10-14/h3-10H,11-12H2,1-2H3. The van der Waals surface area contributed by atoms with Crippen LogP contribution in [0.2, 0.25) is 0 Å². The number of hydrogen-bond donors (Lipinski definition) is 0. The number of hydrogen-bond acceptors (Lipinski definition) is 6. The lowest BCUT2D eigenvalue weighted by Gasteiger charge is -2.07. The number of fused-ring (bicyclic) bond motifs is 3. The van der Waals surface area contributed by atoms with Crippen molar-refractivity contribution < 1.29 is 17.9 Å². The lowest BCUT2D eigenvalue weighted by molar-refractivity contribution is 0.339. The van der Waals surface area contributed by atoms with Gasteiger partial charge in [0.15, 0.2) is 0 Å². The number of benzene rings is 2. The normalized spacial score (nSPS) is 11.9. The van der Waals surface area contributed by atoms with Crippen LogP contribution in [0.5, 0.6) is 11.5 Å². The maximum Gasteiger partial charge on any atom is 0.256 e. The molecule has 0 aliphatic heterocycles. The summed E-state index contributed by atoms with van der Waals surface area (Å²) >= 11 is 0. The van der Waals surface area contributed by atoms with Crippen LogP contribution in [0.15, 0.2) is 53.7 Å². The van der Waals surface area contributed by atoms with Crippen LogP contribution < -0.4 is 9.47 Å². The number of sulfone groups is 1. The van der Waals surface area contributed by atoms with Crippen LogP contribution in [0.25, 0.3) is 16.8 Å². The van der Waals surface area contributed by atoms with Crippen molar-refractivity contribution in [2.75, 3.05) is 19.5 Å². The van der Waals surface area contributed by atoms with Gasteiger partial charge in [0.1, 0.15) is 18.1 Å². The zero-order valence-electron chi connectivity index (χ0n) is 14.9. The maximum atomic E-state index is 12.8. The average Bonchev–Trinajstić information content (AvgIpc) is 3.23. The Morgan fingerprint density at radius 2 is 1.63 bits per heavy atom. The van der Waals surface area contributed by atoms with Gasteiger partial charge in [0.05, 0.1) is 23.9 Å². The zero-order valence-corrected chi connectivity index (χ0v) is 15.7. The number of nitrogens with zero attached hydrogens (tertiary/aromatic N) is 4. The largest absolute Gasteiger partial charge is 0.497 e. The number of aryl methyl sites for hydroxylation is 1. The SMILES string of the molecule is COc1ccc(OCCS(=O)(=O)c2nnc3n(C)c4ccccc4n23)cc1. The van der Waals surface area contributed by atoms with Gasteiger partial charge in [-0.15, -0.1) is 10.2 Å². The quantitative estimate of drug-likeness (QED) is 0.504. The number of ether oxygens (including phenoxy) is 2. The maximum absolute atomic E-state index is 12.8. The molecule has 27 heavy (non-hydrogen) atoms. The number of imidazole rings is 1.